The SMILES string of the molecule is Cc1cccc(NC(=O)C2CCCN(CC(=O)Nc3cccc(C)c3C)C2)n1. The number of hydrogen-bond acceptors (Lipinski definition) is 4. The van der Waals surface area contributed by atoms with Crippen LogP contribution in [-0.2, 0) is 9.59 Å². The zero-order chi connectivity index (χ0) is 20.1. The van der Waals surface area contributed by atoms with Crippen LogP contribution in [0.4, 0.5) is 11.5 Å². The Morgan fingerprint density at radius 3 is 2.68 bits per heavy atom. The van der Waals surface area contributed by atoms with Crippen molar-refractivity contribution in [2.45, 2.75) is 33.6 Å². The highest BCUT2D eigenvalue weighted by Crippen LogP contribution is 2.20. The average molecular weight is 380 g/mol. The molecule has 3 rings (SSSR count). The zero-order valence-corrected chi connectivity index (χ0v) is 16.8. The Morgan fingerprint density at radius 1 is 1.11 bits per heavy atom. The van der Waals surface area contributed by atoms with Crippen molar-refractivity contribution in [1.82, 2.24) is 9.88 Å². The van der Waals surface area contributed by atoms with Gasteiger partial charge in [-0.15, -0.1) is 0 Å². The highest BCUT2D eigenvalue weighted by molar-refractivity contribution is 5.94. The molecule has 148 valence electrons. The number of carbonyl (C=O) groups excluding carboxylic acids is 2. The zero-order valence-electron chi connectivity index (χ0n) is 16.8. The molecule has 1 aliphatic heterocycles. The van der Waals surface area contributed by atoms with Crippen LogP contribution in [0.25, 0.3) is 0 Å². The third-order valence-corrected chi connectivity index (χ3v) is 5.26. The molecular formula is C22H28N4O2. The number of aryl methyl sites for hydroxylation is 2. The molecule has 6 heteroatoms. The van der Waals surface area contributed by atoms with Gasteiger partial charge in [0.2, 0.25) is 11.8 Å². The van der Waals surface area contributed by atoms with E-state index in [4.69, 9.17) is 0 Å². The predicted octanol–water partition coefficient (Wildman–Crippen LogP) is 3.30. The average Bonchev–Trinajstić information content (AvgIpc) is 2.65. The van der Waals surface area contributed by atoms with E-state index in [1.54, 1.807) is 6.07 Å². The van der Waals surface area contributed by atoms with Crippen LogP contribution in [0.5, 0.6) is 0 Å². The number of carbonyl (C=O) groups is 2. The van der Waals surface area contributed by atoms with E-state index in [-0.39, 0.29) is 17.7 Å². The molecule has 28 heavy (non-hydrogen) atoms. The minimum atomic E-state index is -0.135. The number of piperidine rings is 1. The Morgan fingerprint density at radius 2 is 1.89 bits per heavy atom. The van der Waals surface area contributed by atoms with Crippen molar-refractivity contribution in [2.75, 3.05) is 30.3 Å². The standard InChI is InChI=1S/C22H28N4O2/c1-15-7-4-10-19(17(15)3)24-21(27)14-26-12-6-9-18(13-26)22(28)25-20-11-5-8-16(2)23-20/h4-5,7-8,10-11,18H,6,9,12-14H2,1-3H3,(H,24,27)(H,23,25,28). The van der Waals surface area contributed by atoms with Gasteiger partial charge in [-0.1, -0.05) is 18.2 Å². The summed E-state index contributed by atoms with van der Waals surface area (Å²) < 4.78 is 0. The van der Waals surface area contributed by atoms with Crippen LogP contribution in [0.15, 0.2) is 36.4 Å². The van der Waals surface area contributed by atoms with Crippen LogP contribution in [0.3, 0.4) is 0 Å². The van der Waals surface area contributed by atoms with Gasteiger partial charge < -0.3 is 10.6 Å². The van der Waals surface area contributed by atoms with Gasteiger partial charge in [-0.05, 0) is 69.5 Å². The van der Waals surface area contributed by atoms with Gasteiger partial charge in [0.25, 0.3) is 0 Å². The second-order valence-electron chi connectivity index (χ2n) is 7.52. The summed E-state index contributed by atoms with van der Waals surface area (Å²) in [6.07, 6.45) is 1.73. The van der Waals surface area contributed by atoms with E-state index >= 15 is 0 Å². The predicted molar refractivity (Wildman–Crippen MR) is 111 cm³/mol. The minimum Gasteiger partial charge on any atom is -0.325 e. The Labute approximate surface area is 166 Å². The van der Waals surface area contributed by atoms with Gasteiger partial charge in [0, 0.05) is 17.9 Å². The van der Waals surface area contributed by atoms with E-state index in [2.05, 4.69) is 20.5 Å². The van der Waals surface area contributed by atoms with Gasteiger partial charge in [0.15, 0.2) is 0 Å². The molecule has 6 nitrogen and oxygen atoms in total. The number of likely N-dealkylation sites (tertiary alicyclic amines) is 1. The fourth-order valence-electron chi connectivity index (χ4n) is 3.53. The fourth-order valence-corrected chi connectivity index (χ4v) is 3.53. The van der Waals surface area contributed by atoms with Gasteiger partial charge in [-0.25, -0.2) is 4.98 Å². The number of pyridine rings is 1. The highest BCUT2D eigenvalue weighted by Gasteiger charge is 2.27. The molecule has 1 saturated heterocycles. The summed E-state index contributed by atoms with van der Waals surface area (Å²) in [6, 6.07) is 11.5. The normalized spacial score (nSPS) is 17.2. The summed E-state index contributed by atoms with van der Waals surface area (Å²) in [5.41, 5.74) is 3.95. The molecular weight excluding hydrogens is 352 g/mol. The molecule has 2 heterocycles. The summed E-state index contributed by atoms with van der Waals surface area (Å²) >= 11 is 0. The summed E-state index contributed by atoms with van der Waals surface area (Å²) in [4.78, 5) is 31.5. The van der Waals surface area contributed by atoms with Crippen LogP contribution >= 0.6 is 0 Å². The molecule has 0 radical (unpaired) electrons. The van der Waals surface area contributed by atoms with E-state index in [9.17, 15) is 9.59 Å². The summed E-state index contributed by atoms with van der Waals surface area (Å²) in [7, 11) is 0. The van der Waals surface area contributed by atoms with Gasteiger partial charge in [-0.3, -0.25) is 14.5 Å². The van der Waals surface area contributed by atoms with Crippen molar-refractivity contribution in [2.24, 2.45) is 5.92 Å². The highest BCUT2D eigenvalue weighted by atomic mass is 16.2. The van der Waals surface area contributed by atoms with E-state index in [1.807, 2.05) is 51.1 Å². The molecule has 1 aromatic heterocycles. The smallest absolute Gasteiger partial charge is 0.238 e. The third-order valence-electron chi connectivity index (χ3n) is 5.26. The number of rotatable bonds is 5. The molecule has 1 fully saturated rings. The minimum absolute atomic E-state index is 0.0299. The molecule has 0 aliphatic carbocycles. The number of benzene rings is 1. The van der Waals surface area contributed by atoms with Crippen LogP contribution in [-0.4, -0.2) is 41.3 Å². The van der Waals surface area contributed by atoms with E-state index in [1.165, 1.54) is 0 Å². The van der Waals surface area contributed by atoms with Crippen molar-refractivity contribution < 1.29 is 9.59 Å². The Balaban J connectivity index is 1.55. The molecule has 1 aromatic carbocycles. The number of anilines is 2. The maximum absolute atomic E-state index is 12.6. The molecule has 2 N–H and O–H groups in total. The molecule has 1 unspecified atom stereocenters. The van der Waals surface area contributed by atoms with E-state index in [0.717, 1.165) is 41.9 Å². The second kappa shape index (κ2) is 8.97. The lowest BCUT2D eigenvalue weighted by Crippen LogP contribution is -2.44. The van der Waals surface area contributed by atoms with E-state index in [0.29, 0.717) is 18.9 Å². The van der Waals surface area contributed by atoms with Crippen LogP contribution in [0.1, 0.15) is 29.7 Å². The maximum Gasteiger partial charge on any atom is 0.238 e. The van der Waals surface area contributed by atoms with Gasteiger partial charge in [0.05, 0.1) is 12.5 Å². The summed E-state index contributed by atoms with van der Waals surface area (Å²) in [6.45, 7) is 7.63. The first-order valence-corrected chi connectivity index (χ1v) is 9.75. The first-order valence-electron chi connectivity index (χ1n) is 9.75. The third kappa shape index (κ3) is 5.16. The molecule has 2 amide bonds. The monoisotopic (exact) mass is 380 g/mol. The van der Waals surface area contributed by atoms with Crippen molar-refractivity contribution in [3.05, 3.63) is 53.2 Å². The topological polar surface area (TPSA) is 74.3 Å². The van der Waals surface area contributed by atoms with Crippen LogP contribution in [0, 0.1) is 26.7 Å². The number of nitrogens with zero attached hydrogens (tertiary/aromatic N) is 2. The quantitative estimate of drug-likeness (QED) is 0.835. The molecule has 2 aromatic rings. The Hall–Kier alpha value is -2.73. The Kier molecular flexibility index (Phi) is 6.41. The van der Waals surface area contributed by atoms with Gasteiger partial charge >= 0.3 is 0 Å². The van der Waals surface area contributed by atoms with Crippen LogP contribution in [0.2, 0.25) is 0 Å². The molecule has 1 atom stereocenters. The first kappa shape index (κ1) is 20.0. The number of nitrogens with one attached hydrogen (secondary N) is 2. The van der Waals surface area contributed by atoms with Gasteiger partial charge in [0.1, 0.15) is 5.82 Å². The van der Waals surface area contributed by atoms with Crippen molar-refractivity contribution in [3.8, 4) is 0 Å². The largest absolute Gasteiger partial charge is 0.325 e. The van der Waals surface area contributed by atoms with Crippen molar-refractivity contribution >= 4 is 23.3 Å². The second-order valence-corrected chi connectivity index (χ2v) is 7.52. The lowest BCUT2D eigenvalue weighted by atomic mass is 9.97. The fraction of sp³-hybridized carbons (Fsp3) is 0.409. The first-order chi connectivity index (χ1) is 13.4. The van der Waals surface area contributed by atoms with E-state index < -0.39 is 0 Å². The molecule has 0 bridgehead atoms. The number of aromatic nitrogens is 1. The lowest BCUT2D eigenvalue weighted by molar-refractivity contribution is -0.123. The van der Waals surface area contributed by atoms with Gasteiger partial charge in [-0.2, -0.15) is 0 Å². The molecule has 0 saturated carbocycles. The number of hydrogen-bond donors (Lipinski definition) is 2. The molecule has 1 aliphatic rings. The Bertz CT molecular complexity index is 865. The molecule has 0 spiro atoms. The summed E-state index contributed by atoms with van der Waals surface area (Å²) in [5, 5.41) is 5.90. The maximum atomic E-state index is 12.6. The lowest BCUT2D eigenvalue weighted by Gasteiger charge is -2.31. The van der Waals surface area contributed by atoms with Crippen molar-refractivity contribution in [3.63, 3.8) is 0 Å². The van der Waals surface area contributed by atoms with Crippen molar-refractivity contribution in [1.29, 1.82) is 0 Å². The summed E-state index contributed by atoms with van der Waals surface area (Å²) in [5.74, 6) is 0.368. The number of amides is 2. The van der Waals surface area contributed by atoms with Crippen LogP contribution < -0.4 is 10.6 Å².